The van der Waals surface area contributed by atoms with Crippen LogP contribution in [0.3, 0.4) is 0 Å². The van der Waals surface area contributed by atoms with Gasteiger partial charge in [0, 0.05) is 90.1 Å². The first kappa shape index (κ1) is 38.9. The third-order valence-electron chi connectivity index (χ3n) is 11.7. The van der Waals surface area contributed by atoms with Gasteiger partial charge in [0.25, 0.3) is 5.91 Å². The van der Waals surface area contributed by atoms with Gasteiger partial charge in [-0.2, -0.15) is 0 Å². The van der Waals surface area contributed by atoms with Crippen molar-refractivity contribution in [3.8, 4) is 0 Å². The lowest BCUT2D eigenvalue weighted by Crippen LogP contribution is -2.56. The van der Waals surface area contributed by atoms with E-state index in [1.165, 1.54) is 9.47 Å². The van der Waals surface area contributed by atoms with Crippen LogP contribution in [0.2, 0.25) is 0 Å². The van der Waals surface area contributed by atoms with E-state index in [0.29, 0.717) is 101 Å². The molecule has 5 amide bonds. The number of aryl methyl sites for hydroxylation is 2. The average Bonchev–Trinajstić information content (AvgIpc) is 3.38. The molecule has 0 aliphatic carbocycles. The highest BCUT2D eigenvalue weighted by Crippen LogP contribution is 2.27. The Morgan fingerprint density at radius 2 is 1.54 bits per heavy atom. The molecule has 16 heteroatoms. The van der Waals surface area contributed by atoms with Crippen LogP contribution in [0.25, 0.3) is 11.1 Å². The largest absolute Gasteiger partial charge is 0.459 e. The smallest absolute Gasteiger partial charge is 0.419 e. The Morgan fingerprint density at radius 1 is 0.857 bits per heavy atom. The number of amides is 5. The molecule has 16 nitrogen and oxygen atoms in total. The lowest BCUT2D eigenvalue weighted by molar-refractivity contribution is -0.161. The number of urea groups is 1. The highest BCUT2D eigenvalue weighted by atomic mass is 16.6. The van der Waals surface area contributed by atoms with Crippen LogP contribution in [0, 0.1) is 6.92 Å². The lowest BCUT2D eigenvalue weighted by atomic mass is 9.99. The summed E-state index contributed by atoms with van der Waals surface area (Å²) in [4.78, 5) is 86.9. The molecule has 5 heterocycles. The summed E-state index contributed by atoms with van der Waals surface area (Å²) < 4.78 is 17.9. The second-order valence-electron chi connectivity index (χ2n) is 15.1. The number of nitrogens with zero attached hydrogens (tertiary/aromatic N) is 6. The Kier molecular flexibility index (Phi) is 11.6. The Bertz CT molecular complexity index is 2020. The average molecular weight is 774 g/mol. The molecule has 1 atom stereocenters. The van der Waals surface area contributed by atoms with Crippen molar-refractivity contribution in [1.82, 2.24) is 29.1 Å². The van der Waals surface area contributed by atoms with Crippen LogP contribution in [-0.4, -0.2) is 143 Å². The van der Waals surface area contributed by atoms with Gasteiger partial charge >= 0.3 is 29.8 Å². The molecule has 300 valence electrons. The zero-order valence-electron chi connectivity index (χ0n) is 32.4. The Labute approximate surface area is 325 Å². The van der Waals surface area contributed by atoms with Gasteiger partial charge in [0.2, 0.25) is 0 Å². The van der Waals surface area contributed by atoms with Crippen LogP contribution in [-0.2, 0) is 43.7 Å². The van der Waals surface area contributed by atoms with Gasteiger partial charge in [-0.15, -0.1) is 0 Å². The zero-order chi connectivity index (χ0) is 39.5. The predicted octanol–water partition coefficient (Wildman–Crippen LogP) is 2.74. The second-order valence-corrected chi connectivity index (χ2v) is 15.1. The number of likely N-dealkylation sites (tertiary alicyclic amines) is 2. The van der Waals surface area contributed by atoms with E-state index in [0.717, 1.165) is 23.2 Å². The number of aromatic nitrogens is 1. The van der Waals surface area contributed by atoms with E-state index in [2.05, 4.69) is 10.2 Å². The van der Waals surface area contributed by atoms with Crippen molar-refractivity contribution in [3.05, 3.63) is 63.6 Å². The Hall–Kier alpha value is -5.38. The number of para-hydroxylation sites is 1. The highest BCUT2D eigenvalue weighted by Gasteiger charge is 2.37. The molecule has 1 N–H and O–H groups in total. The van der Waals surface area contributed by atoms with Crippen LogP contribution in [0.1, 0.15) is 49.3 Å². The fraction of sp³-hybridized carbons (Fsp3) is 0.550. The molecule has 0 spiro atoms. The minimum atomic E-state index is -1.11. The number of oxazole rings is 1. The first-order chi connectivity index (χ1) is 27.0. The van der Waals surface area contributed by atoms with Gasteiger partial charge in [-0.3, -0.25) is 19.1 Å². The molecule has 56 heavy (non-hydrogen) atoms. The van der Waals surface area contributed by atoms with Gasteiger partial charge < -0.3 is 38.8 Å². The first-order valence-corrected chi connectivity index (χ1v) is 19.7. The number of rotatable bonds is 7. The third kappa shape index (κ3) is 8.25. The van der Waals surface area contributed by atoms with Crippen molar-refractivity contribution in [2.75, 3.05) is 70.8 Å². The van der Waals surface area contributed by atoms with Gasteiger partial charge in [-0.05, 0) is 74.8 Å². The summed E-state index contributed by atoms with van der Waals surface area (Å²) in [6, 6.07) is 11.4. The maximum absolute atomic E-state index is 14.3. The molecular weight excluding hydrogens is 722 g/mol. The number of benzene rings is 2. The number of hydrogen-bond donors (Lipinski definition) is 1. The maximum atomic E-state index is 14.3. The number of nitrogens with one attached hydrogen (secondary N) is 1. The van der Waals surface area contributed by atoms with Crippen molar-refractivity contribution in [1.29, 1.82) is 0 Å². The van der Waals surface area contributed by atoms with Crippen LogP contribution in [0.5, 0.6) is 0 Å². The number of esters is 1. The molecular formula is C40H51N7O9. The molecule has 3 saturated heterocycles. The minimum absolute atomic E-state index is 0.0386. The molecule has 0 radical (unpaired) electrons. The molecule has 3 fully saturated rings. The number of carbonyl (C=O) groups excluding carboxylic acids is 5. The molecule has 0 bridgehead atoms. The van der Waals surface area contributed by atoms with Crippen LogP contribution >= 0.6 is 0 Å². The van der Waals surface area contributed by atoms with Gasteiger partial charge in [0.15, 0.2) is 11.7 Å². The van der Waals surface area contributed by atoms with E-state index in [1.54, 1.807) is 29.8 Å². The summed E-state index contributed by atoms with van der Waals surface area (Å²) >= 11 is 0. The molecule has 4 aliphatic heterocycles. The normalized spacial score (nSPS) is 19.3. The van der Waals surface area contributed by atoms with Crippen molar-refractivity contribution in [3.63, 3.8) is 0 Å². The summed E-state index contributed by atoms with van der Waals surface area (Å²) in [5.74, 6) is -2.22. The zero-order valence-corrected chi connectivity index (χ0v) is 32.4. The number of piperazine rings is 1. The molecule has 0 saturated carbocycles. The fourth-order valence-corrected chi connectivity index (χ4v) is 8.65. The van der Waals surface area contributed by atoms with E-state index in [9.17, 15) is 28.8 Å². The number of anilines is 1. The SMILES string of the molecule is CCOC(=O)C(=O)N1CCN(C2CCN(C(=O)[C@@H](Cc3cc(C)c4c(c3)oc(=O)n4C)OC(=O)N3CCC(N4CCc5ccccc5NC4=O)CC3)CC2)CC1. The Morgan fingerprint density at radius 3 is 2.25 bits per heavy atom. The summed E-state index contributed by atoms with van der Waals surface area (Å²) in [6.45, 7) is 8.07. The summed E-state index contributed by atoms with van der Waals surface area (Å²) in [5.41, 5.74) is 4.49. The third-order valence-corrected chi connectivity index (χ3v) is 11.7. The van der Waals surface area contributed by atoms with E-state index < -0.39 is 29.8 Å². The number of ether oxygens (including phenoxy) is 2. The van der Waals surface area contributed by atoms with Crippen LogP contribution in [0.4, 0.5) is 15.3 Å². The lowest BCUT2D eigenvalue weighted by Gasteiger charge is -2.43. The maximum Gasteiger partial charge on any atom is 0.419 e. The monoisotopic (exact) mass is 773 g/mol. The van der Waals surface area contributed by atoms with E-state index in [1.807, 2.05) is 42.2 Å². The van der Waals surface area contributed by atoms with Gasteiger partial charge in [-0.1, -0.05) is 24.3 Å². The van der Waals surface area contributed by atoms with E-state index in [4.69, 9.17) is 13.9 Å². The van der Waals surface area contributed by atoms with Crippen molar-refractivity contribution < 1.29 is 37.9 Å². The summed E-state index contributed by atoms with van der Waals surface area (Å²) in [5, 5.41) is 3.03. The van der Waals surface area contributed by atoms with Crippen molar-refractivity contribution in [2.24, 2.45) is 7.05 Å². The van der Waals surface area contributed by atoms with E-state index >= 15 is 0 Å². The fourth-order valence-electron chi connectivity index (χ4n) is 8.65. The number of piperidine rings is 2. The topological polar surface area (TPSA) is 167 Å². The van der Waals surface area contributed by atoms with Gasteiger partial charge in [0.05, 0.1) is 12.1 Å². The predicted molar refractivity (Wildman–Crippen MR) is 205 cm³/mol. The number of carbonyl (C=O) groups is 5. The van der Waals surface area contributed by atoms with E-state index in [-0.39, 0.29) is 37.0 Å². The Balaban J connectivity index is 0.988. The molecule has 2 aromatic carbocycles. The second kappa shape index (κ2) is 16.8. The summed E-state index contributed by atoms with van der Waals surface area (Å²) in [6.07, 6.45) is 1.73. The molecule has 4 aliphatic rings. The number of fused-ring (bicyclic) bond motifs is 2. The highest BCUT2D eigenvalue weighted by molar-refractivity contribution is 6.32. The van der Waals surface area contributed by atoms with Crippen molar-refractivity contribution >= 4 is 46.7 Å². The van der Waals surface area contributed by atoms with Crippen molar-refractivity contribution in [2.45, 2.75) is 70.6 Å². The van der Waals surface area contributed by atoms with Crippen LogP contribution < -0.4 is 11.1 Å². The van der Waals surface area contributed by atoms with Gasteiger partial charge in [0.1, 0.15) is 0 Å². The first-order valence-electron chi connectivity index (χ1n) is 19.7. The summed E-state index contributed by atoms with van der Waals surface area (Å²) in [7, 11) is 1.64. The molecule has 1 aromatic heterocycles. The van der Waals surface area contributed by atoms with Gasteiger partial charge in [-0.25, -0.2) is 19.2 Å². The molecule has 3 aromatic rings. The minimum Gasteiger partial charge on any atom is -0.459 e. The molecule has 0 unspecified atom stereocenters. The quantitative estimate of drug-likeness (QED) is 0.279. The molecule has 7 rings (SSSR count). The number of hydrogen-bond acceptors (Lipinski definition) is 10. The standard InChI is InChI=1S/C40H51N7O9/c1-4-54-37(50)36(49)45-21-19-43(20-22-45)29-10-14-44(15-11-29)35(48)33(25-27-23-26(2)34-32(24-27)55-39(52)42(34)3)56-40(53)46-16-12-30(13-17-46)47-18-9-28-7-5-6-8-31(28)41-38(47)51/h5-8,23-24,29-30,33H,4,9-22,25H2,1-3H3,(H,41,51)/t33-/m1/s1. The van der Waals surface area contributed by atoms with Crippen LogP contribution in [0.15, 0.2) is 45.6 Å².